The summed E-state index contributed by atoms with van der Waals surface area (Å²) in [5.74, 6) is 0.0909. The van der Waals surface area contributed by atoms with Crippen LogP contribution in [0.1, 0.15) is 55.2 Å². The van der Waals surface area contributed by atoms with Crippen molar-refractivity contribution < 1.29 is 19.0 Å². The quantitative estimate of drug-likeness (QED) is 0.297. The highest BCUT2D eigenvalue weighted by molar-refractivity contribution is 7.07. The van der Waals surface area contributed by atoms with Gasteiger partial charge in [-0.1, -0.05) is 41.7 Å². The number of carbonyl (C=O) groups excluding carboxylic acids is 1. The van der Waals surface area contributed by atoms with Gasteiger partial charge in [0.15, 0.2) is 4.80 Å². The zero-order valence-corrected chi connectivity index (χ0v) is 25.4. The fourth-order valence-electron chi connectivity index (χ4n) is 6.19. The van der Waals surface area contributed by atoms with Crippen LogP contribution in [0.3, 0.4) is 0 Å². The van der Waals surface area contributed by atoms with E-state index in [0.29, 0.717) is 26.4 Å². The average molecular weight is 586 g/mol. The van der Waals surface area contributed by atoms with Crippen molar-refractivity contribution in [2.45, 2.75) is 59.2 Å². The highest BCUT2D eigenvalue weighted by Crippen LogP contribution is 2.40. The zero-order valence-electron chi connectivity index (χ0n) is 24.6. The normalized spacial score (nSPS) is 18.8. The topological polar surface area (TPSA) is 84.0 Å². The van der Waals surface area contributed by atoms with Crippen LogP contribution in [0.15, 0.2) is 63.5 Å². The lowest BCUT2D eigenvalue weighted by molar-refractivity contribution is -0.139. The number of thiazole rings is 1. The van der Waals surface area contributed by atoms with E-state index in [1.54, 1.807) is 25.5 Å². The molecule has 9 heteroatoms. The first-order valence-electron chi connectivity index (χ1n) is 14.4. The van der Waals surface area contributed by atoms with Gasteiger partial charge >= 0.3 is 5.97 Å². The van der Waals surface area contributed by atoms with Gasteiger partial charge in [0.2, 0.25) is 0 Å². The van der Waals surface area contributed by atoms with E-state index in [9.17, 15) is 9.59 Å². The molecule has 0 N–H and O–H groups in total. The number of benzene rings is 2. The average Bonchev–Trinajstić information content (AvgIpc) is 3.67. The monoisotopic (exact) mass is 585 g/mol. The van der Waals surface area contributed by atoms with Gasteiger partial charge in [0.1, 0.15) is 11.8 Å². The van der Waals surface area contributed by atoms with E-state index >= 15 is 0 Å². The third-order valence-electron chi connectivity index (χ3n) is 8.25. The summed E-state index contributed by atoms with van der Waals surface area (Å²) in [7, 11) is 1.60. The van der Waals surface area contributed by atoms with E-state index < -0.39 is 12.0 Å². The lowest BCUT2D eigenvalue weighted by Crippen LogP contribution is -2.40. The maximum Gasteiger partial charge on any atom is 0.338 e. The molecular formula is C33H35N3O5S. The first-order chi connectivity index (χ1) is 20.3. The van der Waals surface area contributed by atoms with Crippen LogP contribution in [-0.2, 0) is 20.8 Å². The van der Waals surface area contributed by atoms with Crippen LogP contribution in [0.4, 0.5) is 0 Å². The minimum absolute atomic E-state index is 0.209. The van der Waals surface area contributed by atoms with Crippen molar-refractivity contribution in [2.24, 2.45) is 4.99 Å². The van der Waals surface area contributed by atoms with E-state index in [0.717, 1.165) is 59.3 Å². The lowest BCUT2D eigenvalue weighted by atomic mass is 9.90. The number of esters is 1. The maximum atomic E-state index is 14.3. The highest BCUT2D eigenvalue weighted by atomic mass is 32.1. The van der Waals surface area contributed by atoms with Gasteiger partial charge in [-0.3, -0.25) is 9.36 Å². The SMILES string of the molecule is CCOC(=O)C1=C(C)N=c2s/c(=C\c3cc(C)n(C[C@H]4CCCO4)c3C)c(=O)n2[C@@H]1c1c(OC)ccc2ccccc12. The predicted octanol–water partition coefficient (Wildman–Crippen LogP) is 4.56. The van der Waals surface area contributed by atoms with Crippen molar-refractivity contribution in [3.63, 3.8) is 0 Å². The largest absolute Gasteiger partial charge is 0.496 e. The molecule has 42 heavy (non-hydrogen) atoms. The van der Waals surface area contributed by atoms with E-state index in [1.807, 2.05) is 42.5 Å². The molecule has 0 aliphatic carbocycles. The first-order valence-corrected chi connectivity index (χ1v) is 15.2. The molecule has 2 aromatic heterocycles. The molecule has 2 aliphatic heterocycles. The maximum absolute atomic E-state index is 14.3. The van der Waals surface area contributed by atoms with Gasteiger partial charge in [-0.05, 0) is 75.1 Å². The van der Waals surface area contributed by atoms with Crippen LogP contribution in [0, 0.1) is 13.8 Å². The molecule has 1 fully saturated rings. The molecule has 2 aliphatic rings. The summed E-state index contributed by atoms with van der Waals surface area (Å²) in [5, 5.41) is 1.87. The van der Waals surface area contributed by atoms with Crippen molar-refractivity contribution in [2.75, 3.05) is 20.3 Å². The second-order valence-electron chi connectivity index (χ2n) is 10.8. The Hall–Kier alpha value is -3.95. The number of allylic oxidation sites excluding steroid dienone is 1. The number of ether oxygens (including phenoxy) is 3. The Morgan fingerprint density at radius 2 is 2.00 bits per heavy atom. The second kappa shape index (κ2) is 11.4. The van der Waals surface area contributed by atoms with Gasteiger partial charge in [0, 0.05) is 30.1 Å². The third-order valence-corrected chi connectivity index (χ3v) is 9.23. The molecule has 1 saturated heterocycles. The smallest absolute Gasteiger partial charge is 0.338 e. The molecule has 8 nitrogen and oxygen atoms in total. The fourth-order valence-corrected chi connectivity index (χ4v) is 7.23. The number of carbonyl (C=O) groups is 1. The molecule has 0 bridgehead atoms. The molecule has 0 amide bonds. The molecular weight excluding hydrogens is 550 g/mol. The number of hydrogen-bond acceptors (Lipinski definition) is 7. The molecule has 0 unspecified atom stereocenters. The minimum atomic E-state index is -0.768. The Morgan fingerprint density at radius 3 is 2.74 bits per heavy atom. The van der Waals surface area contributed by atoms with E-state index in [2.05, 4.69) is 24.5 Å². The van der Waals surface area contributed by atoms with Crippen molar-refractivity contribution in [1.29, 1.82) is 0 Å². The predicted molar refractivity (Wildman–Crippen MR) is 164 cm³/mol. The van der Waals surface area contributed by atoms with E-state index in [-0.39, 0.29) is 18.3 Å². The van der Waals surface area contributed by atoms with Gasteiger partial charge in [-0.15, -0.1) is 0 Å². The second-order valence-corrected chi connectivity index (χ2v) is 11.8. The van der Waals surface area contributed by atoms with Crippen LogP contribution in [0.25, 0.3) is 16.8 Å². The van der Waals surface area contributed by atoms with Crippen molar-refractivity contribution in [3.05, 3.63) is 95.9 Å². The van der Waals surface area contributed by atoms with Crippen LogP contribution in [-0.4, -0.2) is 41.5 Å². The summed E-state index contributed by atoms with van der Waals surface area (Å²) in [4.78, 5) is 33.0. The van der Waals surface area contributed by atoms with Crippen LogP contribution >= 0.6 is 11.3 Å². The van der Waals surface area contributed by atoms with Crippen LogP contribution in [0.2, 0.25) is 0 Å². The molecule has 0 spiro atoms. The number of hydrogen-bond donors (Lipinski definition) is 0. The molecule has 0 radical (unpaired) electrons. The summed E-state index contributed by atoms with van der Waals surface area (Å²) in [6.45, 7) is 9.56. The summed E-state index contributed by atoms with van der Waals surface area (Å²) in [5.41, 5.74) is 4.57. The molecule has 0 saturated carbocycles. The summed E-state index contributed by atoms with van der Waals surface area (Å²) >= 11 is 1.33. The minimum Gasteiger partial charge on any atom is -0.496 e. The Labute approximate surface area is 248 Å². The van der Waals surface area contributed by atoms with Crippen molar-refractivity contribution in [3.8, 4) is 5.75 Å². The number of fused-ring (bicyclic) bond motifs is 2. The number of nitrogens with zero attached hydrogens (tertiary/aromatic N) is 3. The highest BCUT2D eigenvalue weighted by Gasteiger charge is 2.36. The van der Waals surface area contributed by atoms with Crippen LogP contribution < -0.4 is 19.6 Å². The number of aromatic nitrogens is 2. The summed E-state index contributed by atoms with van der Waals surface area (Å²) in [6.07, 6.45) is 4.31. The molecule has 218 valence electrons. The Bertz CT molecular complexity index is 1910. The number of rotatable bonds is 7. The van der Waals surface area contributed by atoms with Crippen molar-refractivity contribution >= 4 is 34.2 Å². The zero-order chi connectivity index (χ0) is 29.5. The fraction of sp³-hybridized carbons (Fsp3) is 0.364. The van der Waals surface area contributed by atoms with Gasteiger partial charge in [0.25, 0.3) is 5.56 Å². The molecule has 6 rings (SSSR count). The van der Waals surface area contributed by atoms with E-state index in [1.165, 1.54) is 11.3 Å². The van der Waals surface area contributed by atoms with Crippen LogP contribution in [0.5, 0.6) is 5.75 Å². The van der Waals surface area contributed by atoms with Gasteiger partial charge in [0.05, 0.1) is 35.6 Å². The number of aryl methyl sites for hydroxylation is 1. The first kappa shape index (κ1) is 28.2. The van der Waals surface area contributed by atoms with Gasteiger partial charge < -0.3 is 18.8 Å². The molecule has 4 aromatic rings. The Kier molecular flexibility index (Phi) is 7.64. The van der Waals surface area contributed by atoms with Crippen molar-refractivity contribution in [1.82, 2.24) is 9.13 Å². The molecule has 4 heterocycles. The Balaban J connectivity index is 1.56. The molecule has 2 atom stereocenters. The summed E-state index contributed by atoms with van der Waals surface area (Å²) < 4.78 is 21.7. The lowest BCUT2D eigenvalue weighted by Gasteiger charge is -2.27. The third kappa shape index (κ3) is 4.80. The van der Waals surface area contributed by atoms with E-state index in [4.69, 9.17) is 19.2 Å². The van der Waals surface area contributed by atoms with Gasteiger partial charge in [-0.2, -0.15) is 0 Å². The number of methoxy groups -OCH3 is 1. The Morgan fingerprint density at radius 1 is 1.19 bits per heavy atom. The van der Waals surface area contributed by atoms with Gasteiger partial charge in [-0.25, -0.2) is 9.79 Å². The standard InChI is InChI=1S/C33H35N3O5S/c1-6-40-32(38)28-20(3)34-33-36(30(28)29-25-12-8-7-10-22(25)13-14-26(29)39-5)31(37)27(42-33)17-23-16-19(2)35(21(23)4)18-24-11-9-15-41-24/h7-8,10,12-14,16-17,24,30H,6,9,11,15,18H2,1-5H3/b27-17-/t24-,30+/m1/s1. The molecule has 2 aromatic carbocycles. The summed E-state index contributed by atoms with van der Waals surface area (Å²) in [6, 6.07) is 13.1.